The lowest BCUT2D eigenvalue weighted by Gasteiger charge is -2.15. The topological polar surface area (TPSA) is 49.3 Å². The first kappa shape index (κ1) is 14.1. The van der Waals surface area contributed by atoms with Gasteiger partial charge in [0.2, 0.25) is 5.91 Å². The number of carbonyl (C=O) groups excluding carboxylic acids is 1. The van der Waals surface area contributed by atoms with E-state index >= 15 is 0 Å². The Labute approximate surface area is 108 Å². The molecule has 0 fully saturated rings. The number of carbonyl (C=O) groups is 1. The molecule has 0 saturated heterocycles. The van der Waals surface area contributed by atoms with Crippen molar-refractivity contribution in [1.29, 1.82) is 0 Å². The van der Waals surface area contributed by atoms with Crippen LogP contribution < -0.4 is 5.32 Å². The van der Waals surface area contributed by atoms with Crippen LogP contribution in [0.1, 0.15) is 25.8 Å². The predicted octanol–water partition coefficient (Wildman–Crippen LogP) is 1.79. The fraction of sp³-hybridized carbons (Fsp3) is 0.462. The van der Waals surface area contributed by atoms with Crippen molar-refractivity contribution in [2.75, 3.05) is 0 Å². The van der Waals surface area contributed by atoms with E-state index in [0.717, 1.165) is 10.5 Å². The molecule has 0 spiro atoms. The minimum atomic E-state index is -0.395. The van der Waals surface area contributed by atoms with Gasteiger partial charge in [0, 0.05) is 10.9 Å². The molecular weight excluding hydrogens is 234 g/mol. The van der Waals surface area contributed by atoms with Gasteiger partial charge in [-0.1, -0.05) is 12.1 Å². The van der Waals surface area contributed by atoms with Gasteiger partial charge in [-0.05, 0) is 38.0 Å². The van der Waals surface area contributed by atoms with E-state index in [9.17, 15) is 9.90 Å². The van der Waals surface area contributed by atoms with Crippen molar-refractivity contribution in [3.63, 3.8) is 0 Å². The second-order valence-corrected chi connectivity index (χ2v) is 4.91. The molecule has 0 heterocycles. The molecule has 94 valence electrons. The van der Waals surface area contributed by atoms with Gasteiger partial charge >= 0.3 is 0 Å². The summed E-state index contributed by atoms with van der Waals surface area (Å²) in [6, 6.07) is 7.50. The van der Waals surface area contributed by atoms with Crippen LogP contribution in [-0.4, -0.2) is 23.2 Å². The number of aliphatic hydroxyl groups is 1. The minimum absolute atomic E-state index is 0.00773. The van der Waals surface area contributed by atoms with E-state index in [1.54, 1.807) is 6.92 Å². The highest BCUT2D eigenvalue weighted by Gasteiger charge is 2.10. The molecule has 1 aromatic carbocycles. The Kier molecular flexibility index (Phi) is 5.51. The van der Waals surface area contributed by atoms with Gasteiger partial charge in [0.15, 0.2) is 0 Å². The molecule has 0 aliphatic carbocycles. The summed E-state index contributed by atoms with van der Waals surface area (Å²) < 4.78 is 0. The Morgan fingerprint density at radius 1 is 1.35 bits per heavy atom. The van der Waals surface area contributed by atoms with Gasteiger partial charge in [0.05, 0.1) is 12.5 Å². The van der Waals surface area contributed by atoms with E-state index in [0.29, 0.717) is 12.8 Å². The van der Waals surface area contributed by atoms with Crippen LogP contribution in [0.4, 0.5) is 0 Å². The van der Waals surface area contributed by atoms with E-state index in [2.05, 4.69) is 17.9 Å². The normalized spacial score (nSPS) is 14.1. The van der Waals surface area contributed by atoms with Gasteiger partial charge in [-0.3, -0.25) is 4.79 Å². The molecule has 0 bridgehead atoms. The van der Waals surface area contributed by atoms with E-state index < -0.39 is 6.10 Å². The summed E-state index contributed by atoms with van der Waals surface area (Å²) in [5, 5.41) is 12.1. The zero-order valence-electron chi connectivity index (χ0n) is 10.2. The molecule has 0 aliphatic heterocycles. The first-order valence-electron chi connectivity index (χ1n) is 5.72. The molecule has 1 amide bonds. The highest BCUT2D eigenvalue weighted by molar-refractivity contribution is 7.80. The van der Waals surface area contributed by atoms with Crippen LogP contribution in [-0.2, 0) is 11.2 Å². The first-order chi connectivity index (χ1) is 7.97. The van der Waals surface area contributed by atoms with Crippen LogP contribution in [0.3, 0.4) is 0 Å². The number of benzene rings is 1. The quantitative estimate of drug-likeness (QED) is 0.701. The lowest BCUT2D eigenvalue weighted by Crippen LogP contribution is -2.35. The summed E-state index contributed by atoms with van der Waals surface area (Å²) in [6.45, 7) is 3.61. The lowest BCUT2D eigenvalue weighted by atomic mass is 10.1. The Morgan fingerprint density at radius 2 is 1.94 bits per heavy atom. The zero-order chi connectivity index (χ0) is 12.8. The van der Waals surface area contributed by atoms with Gasteiger partial charge in [-0.25, -0.2) is 0 Å². The van der Waals surface area contributed by atoms with Crippen LogP contribution >= 0.6 is 12.6 Å². The third kappa shape index (κ3) is 5.75. The molecule has 0 aromatic heterocycles. The van der Waals surface area contributed by atoms with Crippen molar-refractivity contribution in [3.8, 4) is 0 Å². The van der Waals surface area contributed by atoms with Crippen LogP contribution in [0.2, 0.25) is 0 Å². The highest BCUT2D eigenvalue weighted by atomic mass is 32.1. The van der Waals surface area contributed by atoms with E-state index in [4.69, 9.17) is 0 Å². The number of hydrogen-bond donors (Lipinski definition) is 3. The van der Waals surface area contributed by atoms with Crippen molar-refractivity contribution in [3.05, 3.63) is 29.8 Å². The van der Waals surface area contributed by atoms with Gasteiger partial charge in [0.25, 0.3) is 0 Å². The molecular formula is C13H19NO2S. The summed E-state index contributed by atoms with van der Waals surface area (Å²) in [7, 11) is 0. The van der Waals surface area contributed by atoms with Crippen molar-refractivity contribution in [2.24, 2.45) is 0 Å². The van der Waals surface area contributed by atoms with Gasteiger partial charge in [-0.15, -0.1) is 12.6 Å². The number of amides is 1. The summed E-state index contributed by atoms with van der Waals surface area (Å²) in [4.78, 5) is 12.6. The minimum Gasteiger partial charge on any atom is -0.393 e. The maximum Gasteiger partial charge on any atom is 0.224 e. The largest absolute Gasteiger partial charge is 0.393 e. The molecule has 0 aliphatic rings. The maximum absolute atomic E-state index is 11.7. The summed E-state index contributed by atoms with van der Waals surface area (Å²) in [5.74, 6) is -0.0231. The summed E-state index contributed by atoms with van der Waals surface area (Å²) >= 11 is 4.19. The van der Waals surface area contributed by atoms with Crippen LogP contribution in [0.5, 0.6) is 0 Å². The number of thiol groups is 1. The fourth-order valence-corrected chi connectivity index (χ4v) is 1.84. The second kappa shape index (κ2) is 6.67. The molecule has 3 nitrogen and oxygen atoms in total. The second-order valence-electron chi connectivity index (χ2n) is 4.40. The fourth-order valence-electron chi connectivity index (χ4n) is 1.70. The monoisotopic (exact) mass is 253 g/mol. The average Bonchev–Trinajstić information content (AvgIpc) is 2.19. The SMILES string of the molecule is CC(O)CC(C)NC(=O)Cc1ccc(S)cc1. The molecule has 2 N–H and O–H groups in total. The number of aliphatic hydroxyl groups excluding tert-OH is 1. The zero-order valence-corrected chi connectivity index (χ0v) is 11.1. The molecule has 0 saturated carbocycles. The Balaban J connectivity index is 2.41. The molecule has 1 aromatic rings. The maximum atomic E-state index is 11.7. The number of hydrogen-bond acceptors (Lipinski definition) is 3. The molecule has 2 atom stereocenters. The average molecular weight is 253 g/mol. The summed E-state index contributed by atoms with van der Waals surface area (Å²) in [5.41, 5.74) is 0.963. The van der Waals surface area contributed by atoms with Gasteiger partial charge in [0.1, 0.15) is 0 Å². The van der Waals surface area contributed by atoms with Crippen molar-refractivity contribution in [1.82, 2.24) is 5.32 Å². The third-order valence-electron chi connectivity index (χ3n) is 2.40. The van der Waals surface area contributed by atoms with Crippen molar-refractivity contribution in [2.45, 2.75) is 43.7 Å². The number of nitrogens with one attached hydrogen (secondary N) is 1. The van der Waals surface area contributed by atoms with Crippen LogP contribution in [0, 0.1) is 0 Å². The van der Waals surface area contributed by atoms with Crippen LogP contribution in [0.25, 0.3) is 0 Å². The Hall–Kier alpha value is -1.00. The summed E-state index contributed by atoms with van der Waals surface area (Å²) in [6.07, 6.45) is 0.535. The van der Waals surface area contributed by atoms with E-state index in [-0.39, 0.29) is 11.9 Å². The smallest absolute Gasteiger partial charge is 0.224 e. The highest BCUT2D eigenvalue weighted by Crippen LogP contribution is 2.08. The van der Waals surface area contributed by atoms with Crippen LogP contribution in [0.15, 0.2) is 29.2 Å². The van der Waals surface area contributed by atoms with Gasteiger partial charge < -0.3 is 10.4 Å². The predicted molar refractivity (Wildman–Crippen MR) is 71.3 cm³/mol. The third-order valence-corrected chi connectivity index (χ3v) is 2.70. The number of rotatable bonds is 5. The molecule has 1 rings (SSSR count). The lowest BCUT2D eigenvalue weighted by molar-refractivity contribution is -0.121. The Bertz CT molecular complexity index is 362. The molecule has 0 radical (unpaired) electrons. The van der Waals surface area contributed by atoms with Crippen molar-refractivity contribution >= 4 is 18.5 Å². The standard InChI is InChI=1S/C13H19NO2S/c1-9(7-10(2)15)14-13(16)8-11-3-5-12(17)6-4-11/h3-6,9-10,15,17H,7-8H2,1-2H3,(H,14,16). The molecule has 4 heteroatoms. The van der Waals surface area contributed by atoms with E-state index in [1.165, 1.54) is 0 Å². The molecule has 17 heavy (non-hydrogen) atoms. The van der Waals surface area contributed by atoms with E-state index in [1.807, 2.05) is 31.2 Å². The first-order valence-corrected chi connectivity index (χ1v) is 6.17. The van der Waals surface area contributed by atoms with Gasteiger partial charge in [-0.2, -0.15) is 0 Å². The van der Waals surface area contributed by atoms with Crippen molar-refractivity contribution < 1.29 is 9.90 Å². The molecule has 2 unspecified atom stereocenters. The Morgan fingerprint density at radius 3 is 2.47 bits per heavy atom.